The van der Waals surface area contributed by atoms with Crippen LogP contribution in [0.25, 0.3) is 0 Å². The van der Waals surface area contributed by atoms with Gasteiger partial charge in [-0.1, -0.05) is 0 Å². The third-order valence-corrected chi connectivity index (χ3v) is 6.03. The molecule has 1 fully saturated rings. The third-order valence-electron chi connectivity index (χ3n) is 4.25. The Morgan fingerprint density at radius 2 is 1.76 bits per heavy atom. The first-order valence-electron chi connectivity index (χ1n) is 7.97. The number of aryl methyl sites for hydroxylation is 1. The van der Waals surface area contributed by atoms with E-state index in [1.54, 1.807) is 30.8 Å². The van der Waals surface area contributed by atoms with E-state index in [4.69, 9.17) is 0 Å². The van der Waals surface area contributed by atoms with Crippen LogP contribution in [0.2, 0.25) is 0 Å². The Morgan fingerprint density at radius 3 is 2.28 bits per heavy atom. The molecule has 0 atom stereocenters. The van der Waals surface area contributed by atoms with Gasteiger partial charge in [0, 0.05) is 57.7 Å². The van der Waals surface area contributed by atoms with E-state index in [9.17, 15) is 13.2 Å². The number of carbonyl (C=O) groups is 1. The van der Waals surface area contributed by atoms with E-state index in [2.05, 4.69) is 15.2 Å². The van der Waals surface area contributed by atoms with Gasteiger partial charge in [-0.15, -0.1) is 0 Å². The Hall–Kier alpha value is -2.39. The number of anilines is 1. The number of hydrogen-bond donors (Lipinski definition) is 1. The summed E-state index contributed by atoms with van der Waals surface area (Å²) in [6, 6.07) is 7.30. The number of aromatic nitrogens is 2. The number of carbonyl (C=O) groups excluding carboxylic acids is 1. The zero-order valence-electron chi connectivity index (χ0n) is 14.2. The summed E-state index contributed by atoms with van der Waals surface area (Å²) in [6.07, 6.45) is 3.00. The zero-order chi connectivity index (χ0) is 18.0. The minimum Gasteiger partial charge on any atom is -0.369 e. The average Bonchev–Trinajstić information content (AvgIpc) is 3.08. The van der Waals surface area contributed by atoms with Crippen LogP contribution in [-0.2, 0) is 17.1 Å². The molecule has 2 heterocycles. The summed E-state index contributed by atoms with van der Waals surface area (Å²) in [5.74, 6) is -0.127. The number of nitrogens with zero attached hydrogens (tertiary/aromatic N) is 4. The second-order valence-corrected chi connectivity index (χ2v) is 7.78. The molecule has 0 unspecified atom stereocenters. The Labute approximate surface area is 147 Å². The van der Waals surface area contributed by atoms with Crippen LogP contribution < -0.4 is 10.2 Å². The van der Waals surface area contributed by atoms with Gasteiger partial charge in [-0.2, -0.15) is 4.31 Å². The highest BCUT2D eigenvalue weighted by Crippen LogP contribution is 2.20. The van der Waals surface area contributed by atoms with Crippen molar-refractivity contribution >= 4 is 21.6 Å². The molecule has 1 N–H and O–H groups in total. The number of nitrogens with one attached hydrogen (secondary N) is 1. The van der Waals surface area contributed by atoms with Gasteiger partial charge >= 0.3 is 0 Å². The molecule has 2 aromatic rings. The number of benzene rings is 1. The van der Waals surface area contributed by atoms with Crippen molar-refractivity contribution in [1.82, 2.24) is 19.2 Å². The summed E-state index contributed by atoms with van der Waals surface area (Å²) in [5.41, 5.74) is 1.57. The largest absolute Gasteiger partial charge is 0.369 e. The number of piperazine rings is 1. The summed E-state index contributed by atoms with van der Waals surface area (Å²) >= 11 is 0. The van der Waals surface area contributed by atoms with E-state index in [1.807, 2.05) is 12.1 Å². The summed E-state index contributed by atoms with van der Waals surface area (Å²) in [4.78, 5) is 17.7. The van der Waals surface area contributed by atoms with Gasteiger partial charge in [-0.25, -0.2) is 13.4 Å². The molecule has 25 heavy (non-hydrogen) atoms. The minimum atomic E-state index is -3.55. The molecular weight excluding hydrogens is 342 g/mol. The Kier molecular flexibility index (Phi) is 4.78. The SMILES string of the molecule is CNC(=O)c1ccc(N2CCN(S(=O)(=O)c3cn(C)cn3)CC2)cc1. The molecule has 0 radical (unpaired) electrons. The summed E-state index contributed by atoms with van der Waals surface area (Å²) in [6.45, 7) is 1.98. The molecule has 9 heteroatoms. The first-order chi connectivity index (χ1) is 11.9. The van der Waals surface area contributed by atoms with E-state index in [-0.39, 0.29) is 10.9 Å². The number of imidazole rings is 1. The Morgan fingerprint density at radius 1 is 1.12 bits per heavy atom. The van der Waals surface area contributed by atoms with Crippen LogP contribution in [0.15, 0.2) is 41.8 Å². The Balaban J connectivity index is 1.66. The maximum atomic E-state index is 12.6. The summed E-state index contributed by atoms with van der Waals surface area (Å²) in [5, 5.41) is 2.67. The highest BCUT2D eigenvalue weighted by atomic mass is 32.2. The fourth-order valence-electron chi connectivity index (χ4n) is 2.81. The molecule has 0 aliphatic carbocycles. The molecule has 3 rings (SSSR count). The van der Waals surface area contributed by atoms with Gasteiger partial charge in [-0.3, -0.25) is 4.79 Å². The normalized spacial score (nSPS) is 16.0. The van der Waals surface area contributed by atoms with Gasteiger partial charge in [0.25, 0.3) is 15.9 Å². The fourth-order valence-corrected chi connectivity index (χ4v) is 4.20. The van der Waals surface area contributed by atoms with E-state index in [0.717, 1.165) is 5.69 Å². The van der Waals surface area contributed by atoms with Crippen molar-refractivity contribution in [1.29, 1.82) is 0 Å². The van der Waals surface area contributed by atoms with Crippen molar-refractivity contribution < 1.29 is 13.2 Å². The summed E-state index contributed by atoms with van der Waals surface area (Å²) < 4.78 is 28.3. The topological polar surface area (TPSA) is 87.5 Å². The first kappa shape index (κ1) is 17.4. The third kappa shape index (κ3) is 3.52. The zero-order valence-corrected chi connectivity index (χ0v) is 15.0. The number of hydrogen-bond acceptors (Lipinski definition) is 5. The highest BCUT2D eigenvalue weighted by molar-refractivity contribution is 7.89. The molecule has 134 valence electrons. The van der Waals surface area contributed by atoms with Gasteiger partial charge in [0.05, 0.1) is 6.33 Å². The molecular formula is C16H21N5O3S. The van der Waals surface area contributed by atoms with E-state index >= 15 is 0 Å². The lowest BCUT2D eigenvalue weighted by Gasteiger charge is -2.35. The molecule has 1 aliphatic rings. The Bertz CT molecular complexity index is 852. The predicted octanol–water partition coefficient (Wildman–Crippen LogP) is 0.291. The molecule has 1 aromatic carbocycles. The van der Waals surface area contributed by atoms with Crippen LogP contribution in [0.5, 0.6) is 0 Å². The van der Waals surface area contributed by atoms with Gasteiger partial charge in [0.15, 0.2) is 5.03 Å². The van der Waals surface area contributed by atoms with E-state index < -0.39 is 10.0 Å². The van der Waals surface area contributed by atoms with Crippen LogP contribution >= 0.6 is 0 Å². The van der Waals surface area contributed by atoms with Gasteiger partial charge in [0.1, 0.15) is 0 Å². The first-order valence-corrected chi connectivity index (χ1v) is 9.41. The number of rotatable bonds is 4. The lowest BCUT2D eigenvalue weighted by atomic mass is 10.1. The number of sulfonamides is 1. The lowest BCUT2D eigenvalue weighted by molar-refractivity contribution is 0.0963. The molecule has 8 nitrogen and oxygen atoms in total. The molecule has 0 spiro atoms. The van der Waals surface area contributed by atoms with Crippen LogP contribution in [0.3, 0.4) is 0 Å². The molecule has 1 saturated heterocycles. The standard InChI is InChI=1S/C16H21N5O3S/c1-17-16(22)13-3-5-14(6-4-13)20-7-9-21(10-8-20)25(23,24)15-11-19(2)12-18-15/h3-6,11-12H,7-10H2,1-2H3,(H,17,22). The van der Waals surface area contributed by atoms with Gasteiger partial charge in [0.2, 0.25) is 0 Å². The lowest BCUT2D eigenvalue weighted by Crippen LogP contribution is -2.48. The number of amides is 1. The van der Waals surface area contributed by atoms with Crippen molar-refractivity contribution in [3.63, 3.8) is 0 Å². The van der Waals surface area contributed by atoms with E-state index in [0.29, 0.717) is 31.7 Å². The maximum absolute atomic E-state index is 12.6. The van der Waals surface area contributed by atoms with Crippen LogP contribution in [0.4, 0.5) is 5.69 Å². The quantitative estimate of drug-likeness (QED) is 0.844. The van der Waals surface area contributed by atoms with Gasteiger partial charge in [-0.05, 0) is 24.3 Å². The fraction of sp³-hybridized carbons (Fsp3) is 0.375. The van der Waals surface area contributed by atoms with Crippen molar-refractivity contribution in [2.45, 2.75) is 5.03 Å². The highest BCUT2D eigenvalue weighted by Gasteiger charge is 2.30. The van der Waals surface area contributed by atoms with Crippen LogP contribution in [-0.4, -0.2) is 61.4 Å². The maximum Gasteiger partial charge on any atom is 0.262 e. The van der Waals surface area contributed by atoms with E-state index in [1.165, 1.54) is 16.8 Å². The van der Waals surface area contributed by atoms with Crippen LogP contribution in [0.1, 0.15) is 10.4 Å². The monoisotopic (exact) mass is 363 g/mol. The van der Waals surface area contributed by atoms with Crippen molar-refractivity contribution in [3.05, 3.63) is 42.4 Å². The summed E-state index contributed by atoms with van der Waals surface area (Å²) in [7, 11) is -0.209. The van der Waals surface area contributed by atoms with Crippen molar-refractivity contribution in [2.24, 2.45) is 7.05 Å². The molecule has 0 saturated carbocycles. The minimum absolute atomic E-state index is 0.0818. The second-order valence-electron chi connectivity index (χ2n) is 5.89. The second kappa shape index (κ2) is 6.85. The van der Waals surface area contributed by atoms with Crippen molar-refractivity contribution in [2.75, 3.05) is 38.1 Å². The molecule has 0 bridgehead atoms. The predicted molar refractivity (Wildman–Crippen MR) is 94.0 cm³/mol. The molecule has 1 aliphatic heterocycles. The molecule has 1 amide bonds. The van der Waals surface area contributed by atoms with Crippen LogP contribution in [0, 0.1) is 0 Å². The molecule has 1 aromatic heterocycles. The van der Waals surface area contributed by atoms with Gasteiger partial charge < -0.3 is 14.8 Å². The smallest absolute Gasteiger partial charge is 0.262 e. The van der Waals surface area contributed by atoms with Crippen molar-refractivity contribution in [3.8, 4) is 0 Å². The average molecular weight is 363 g/mol.